The molecule has 0 amide bonds. The minimum atomic E-state index is 0.524. The van der Waals surface area contributed by atoms with E-state index in [1.165, 1.54) is 12.8 Å². The molecule has 4 heteroatoms. The van der Waals surface area contributed by atoms with Crippen LogP contribution in [0.5, 0.6) is 5.88 Å². The van der Waals surface area contributed by atoms with Crippen molar-refractivity contribution < 1.29 is 4.74 Å². The highest BCUT2D eigenvalue weighted by Crippen LogP contribution is 2.26. The Morgan fingerprint density at radius 2 is 2.31 bits per heavy atom. The van der Waals surface area contributed by atoms with Crippen LogP contribution in [0.25, 0.3) is 0 Å². The lowest BCUT2D eigenvalue weighted by molar-refractivity contribution is 0.397. The smallest absolute Gasteiger partial charge is 0.238 e. The summed E-state index contributed by atoms with van der Waals surface area (Å²) in [5.41, 5.74) is 6.34. The van der Waals surface area contributed by atoms with Crippen LogP contribution in [0, 0.1) is 5.92 Å². The number of piperidine rings is 1. The summed E-state index contributed by atoms with van der Waals surface area (Å²) in [6.45, 7) is 4.42. The molecule has 1 atom stereocenters. The molecular formula is C12H19N3O. The number of rotatable bonds is 2. The van der Waals surface area contributed by atoms with Crippen molar-refractivity contribution in [2.24, 2.45) is 5.92 Å². The summed E-state index contributed by atoms with van der Waals surface area (Å²) in [5.74, 6) is 2.23. The first kappa shape index (κ1) is 11.0. The first-order valence-electron chi connectivity index (χ1n) is 5.76. The second-order valence-corrected chi connectivity index (χ2v) is 4.46. The fourth-order valence-electron chi connectivity index (χ4n) is 2.18. The number of nitrogens with two attached hydrogens (primary N) is 1. The number of hydrogen-bond acceptors (Lipinski definition) is 4. The molecule has 0 aliphatic carbocycles. The molecule has 16 heavy (non-hydrogen) atoms. The van der Waals surface area contributed by atoms with E-state index in [0.29, 0.717) is 11.6 Å². The molecule has 0 bridgehead atoms. The van der Waals surface area contributed by atoms with Crippen LogP contribution in [-0.4, -0.2) is 25.2 Å². The molecule has 1 aromatic heterocycles. The van der Waals surface area contributed by atoms with Gasteiger partial charge in [-0.15, -0.1) is 0 Å². The van der Waals surface area contributed by atoms with Crippen molar-refractivity contribution in [1.82, 2.24) is 4.98 Å². The number of hydrogen-bond donors (Lipinski definition) is 1. The second-order valence-electron chi connectivity index (χ2n) is 4.46. The summed E-state index contributed by atoms with van der Waals surface area (Å²) in [6, 6.07) is 3.83. The predicted octanol–water partition coefficient (Wildman–Crippen LogP) is 1.91. The van der Waals surface area contributed by atoms with E-state index in [0.717, 1.165) is 24.8 Å². The van der Waals surface area contributed by atoms with E-state index in [1.54, 1.807) is 7.11 Å². The van der Waals surface area contributed by atoms with E-state index in [9.17, 15) is 0 Å². The third-order valence-electron chi connectivity index (χ3n) is 3.05. The van der Waals surface area contributed by atoms with Crippen LogP contribution < -0.4 is 15.4 Å². The van der Waals surface area contributed by atoms with Crippen LogP contribution in [0.15, 0.2) is 12.1 Å². The van der Waals surface area contributed by atoms with Gasteiger partial charge in [-0.3, -0.25) is 0 Å². The number of nitrogen functional groups attached to an aromatic ring is 1. The van der Waals surface area contributed by atoms with Gasteiger partial charge in [-0.25, -0.2) is 0 Å². The molecule has 1 saturated heterocycles. The summed E-state index contributed by atoms with van der Waals surface area (Å²) in [5, 5.41) is 0. The zero-order valence-electron chi connectivity index (χ0n) is 9.94. The molecule has 0 aromatic carbocycles. The zero-order valence-corrected chi connectivity index (χ0v) is 9.94. The van der Waals surface area contributed by atoms with Crippen molar-refractivity contribution in [3.8, 4) is 5.88 Å². The molecule has 2 N–H and O–H groups in total. The Morgan fingerprint density at radius 1 is 1.50 bits per heavy atom. The fourth-order valence-corrected chi connectivity index (χ4v) is 2.18. The van der Waals surface area contributed by atoms with Gasteiger partial charge in [0.05, 0.1) is 12.8 Å². The zero-order chi connectivity index (χ0) is 11.5. The first-order chi connectivity index (χ1) is 7.70. The van der Waals surface area contributed by atoms with Gasteiger partial charge >= 0.3 is 0 Å². The van der Waals surface area contributed by atoms with E-state index in [4.69, 9.17) is 10.5 Å². The highest BCUT2D eigenvalue weighted by atomic mass is 16.5. The van der Waals surface area contributed by atoms with Crippen molar-refractivity contribution in [3.05, 3.63) is 12.1 Å². The third kappa shape index (κ3) is 2.21. The molecule has 1 aliphatic rings. The average Bonchev–Trinajstić information content (AvgIpc) is 2.29. The van der Waals surface area contributed by atoms with Gasteiger partial charge in [0.2, 0.25) is 5.88 Å². The lowest BCUT2D eigenvalue weighted by atomic mass is 10.0. The Labute approximate surface area is 96.4 Å². The van der Waals surface area contributed by atoms with E-state index in [2.05, 4.69) is 16.8 Å². The van der Waals surface area contributed by atoms with Gasteiger partial charge in [0.15, 0.2) is 0 Å². The summed E-state index contributed by atoms with van der Waals surface area (Å²) >= 11 is 0. The number of methoxy groups -OCH3 is 1. The number of aromatic nitrogens is 1. The van der Waals surface area contributed by atoms with Crippen molar-refractivity contribution in [3.63, 3.8) is 0 Å². The number of nitrogens with zero attached hydrogens (tertiary/aromatic N) is 2. The second kappa shape index (κ2) is 4.60. The van der Waals surface area contributed by atoms with Gasteiger partial charge in [-0.2, -0.15) is 4.98 Å². The monoisotopic (exact) mass is 221 g/mol. The van der Waals surface area contributed by atoms with Gasteiger partial charge < -0.3 is 15.4 Å². The molecule has 1 unspecified atom stereocenters. The standard InChI is InChI=1S/C12H19N3O/c1-9-4-3-7-15(8-9)11-6-5-10(13)12(14-11)16-2/h5-6,9H,3-4,7-8,13H2,1-2H3. The van der Waals surface area contributed by atoms with E-state index in [-0.39, 0.29) is 0 Å². The predicted molar refractivity (Wildman–Crippen MR) is 65.8 cm³/mol. The lowest BCUT2D eigenvalue weighted by Gasteiger charge is -2.32. The number of ether oxygens (including phenoxy) is 1. The van der Waals surface area contributed by atoms with Crippen molar-refractivity contribution in [2.45, 2.75) is 19.8 Å². The molecule has 1 aliphatic heterocycles. The van der Waals surface area contributed by atoms with Crippen LogP contribution in [0.3, 0.4) is 0 Å². The molecule has 2 heterocycles. The number of anilines is 2. The maximum Gasteiger partial charge on any atom is 0.238 e. The van der Waals surface area contributed by atoms with E-state index < -0.39 is 0 Å². The lowest BCUT2D eigenvalue weighted by Crippen LogP contribution is -2.34. The highest BCUT2D eigenvalue weighted by Gasteiger charge is 2.18. The minimum absolute atomic E-state index is 0.524. The first-order valence-corrected chi connectivity index (χ1v) is 5.76. The molecule has 0 saturated carbocycles. The van der Waals surface area contributed by atoms with Crippen LogP contribution >= 0.6 is 0 Å². The Hall–Kier alpha value is -1.45. The van der Waals surface area contributed by atoms with Gasteiger partial charge in [0.1, 0.15) is 5.82 Å². The molecule has 0 spiro atoms. The molecular weight excluding hydrogens is 202 g/mol. The van der Waals surface area contributed by atoms with E-state index >= 15 is 0 Å². The van der Waals surface area contributed by atoms with Gasteiger partial charge in [0.25, 0.3) is 0 Å². The average molecular weight is 221 g/mol. The van der Waals surface area contributed by atoms with Crippen LogP contribution in [0.2, 0.25) is 0 Å². The Morgan fingerprint density at radius 3 is 3.00 bits per heavy atom. The van der Waals surface area contributed by atoms with Crippen molar-refractivity contribution >= 4 is 11.5 Å². The van der Waals surface area contributed by atoms with Crippen molar-refractivity contribution in [2.75, 3.05) is 30.8 Å². The fraction of sp³-hybridized carbons (Fsp3) is 0.583. The molecule has 88 valence electrons. The molecule has 1 fully saturated rings. The summed E-state index contributed by atoms with van der Waals surface area (Å²) in [4.78, 5) is 6.73. The largest absolute Gasteiger partial charge is 0.479 e. The molecule has 0 radical (unpaired) electrons. The number of pyridine rings is 1. The normalized spacial score (nSPS) is 20.9. The molecule has 1 aromatic rings. The van der Waals surface area contributed by atoms with E-state index in [1.807, 2.05) is 12.1 Å². The van der Waals surface area contributed by atoms with Crippen LogP contribution in [-0.2, 0) is 0 Å². The minimum Gasteiger partial charge on any atom is -0.479 e. The molecule has 2 rings (SSSR count). The van der Waals surface area contributed by atoms with Gasteiger partial charge in [-0.1, -0.05) is 6.92 Å². The van der Waals surface area contributed by atoms with Crippen molar-refractivity contribution in [1.29, 1.82) is 0 Å². The van der Waals surface area contributed by atoms with Crippen LogP contribution in [0.4, 0.5) is 11.5 Å². The van der Waals surface area contributed by atoms with Crippen LogP contribution in [0.1, 0.15) is 19.8 Å². The SMILES string of the molecule is COc1nc(N2CCCC(C)C2)ccc1N. The maximum absolute atomic E-state index is 5.75. The van der Waals surface area contributed by atoms with Gasteiger partial charge in [0, 0.05) is 13.1 Å². The topological polar surface area (TPSA) is 51.4 Å². The Bertz CT molecular complexity index is 367. The van der Waals surface area contributed by atoms with Gasteiger partial charge in [-0.05, 0) is 30.9 Å². The maximum atomic E-state index is 5.75. The molecule has 4 nitrogen and oxygen atoms in total. The Balaban J connectivity index is 2.19. The third-order valence-corrected chi connectivity index (χ3v) is 3.05. The summed E-state index contributed by atoms with van der Waals surface area (Å²) in [7, 11) is 1.60. The Kier molecular flexibility index (Phi) is 3.17. The summed E-state index contributed by atoms with van der Waals surface area (Å²) in [6.07, 6.45) is 2.54. The quantitative estimate of drug-likeness (QED) is 0.828. The highest BCUT2D eigenvalue weighted by molar-refractivity contribution is 5.54. The summed E-state index contributed by atoms with van der Waals surface area (Å²) < 4.78 is 5.14.